The number of carbonyl (C=O) groups excluding carboxylic acids is 1. The summed E-state index contributed by atoms with van der Waals surface area (Å²) in [4.78, 5) is 35.8. The molecule has 0 radical (unpaired) electrons. The third-order valence-electron chi connectivity index (χ3n) is 6.69. The molecule has 0 spiro atoms. The fraction of sp³-hybridized carbons (Fsp3) is 0.321. The number of piperidine rings is 1. The van der Waals surface area contributed by atoms with Crippen molar-refractivity contribution in [1.29, 1.82) is 0 Å². The summed E-state index contributed by atoms with van der Waals surface area (Å²) >= 11 is 1.42. The van der Waals surface area contributed by atoms with Crippen LogP contribution >= 0.6 is 11.3 Å². The first kappa shape index (κ1) is 23.3. The summed E-state index contributed by atoms with van der Waals surface area (Å²) in [5.41, 5.74) is 3.89. The highest BCUT2D eigenvalue weighted by atomic mass is 32.1. The molecule has 0 bridgehead atoms. The molecule has 180 valence electrons. The predicted octanol–water partition coefficient (Wildman–Crippen LogP) is 5.01. The fourth-order valence-electron chi connectivity index (χ4n) is 4.73. The Morgan fingerprint density at radius 3 is 2.69 bits per heavy atom. The third-order valence-corrected chi connectivity index (χ3v) is 7.66. The maximum absolute atomic E-state index is 13.0. The number of aromatic amines is 1. The lowest BCUT2D eigenvalue weighted by atomic mass is 9.96. The van der Waals surface area contributed by atoms with Crippen LogP contribution in [0, 0.1) is 5.92 Å². The molecule has 2 atom stereocenters. The van der Waals surface area contributed by atoms with Crippen molar-refractivity contribution in [2.45, 2.75) is 38.6 Å². The number of H-pyrrole nitrogens is 1. The van der Waals surface area contributed by atoms with Crippen molar-refractivity contribution in [2.24, 2.45) is 5.92 Å². The molecule has 2 aromatic carbocycles. The summed E-state index contributed by atoms with van der Waals surface area (Å²) in [6.07, 6.45) is 3.56. The summed E-state index contributed by atoms with van der Waals surface area (Å²) in [6.45, 7) is 3.39. The first-order valence-electron chi connectivity index (χ1n) is 12.2. The van der Waals surface area contributed by atoms with Gasteiger partial charge in [0.2, 0.25) is 11.9 Å². The van der Waals surface area contributed by atoms with Gasteiger partial charge in [-0.05, 0) is 43.7 Å². The van der Waals surface area contributed by atoms with Gasteiger partial charge in [0.05, 0.1) is 11.4 Å². The number of fused-ring (bicyclic) bond motifs is 1. The summed E-state index contributed by atoms with van der Waals surface area (Å²) < 4.78 is 0.631. The van der Waals surface area contributed by atoms with Crippen molar-refractivity contribution in [3.8, 4) is 11.1 Å². The van der Waals surface area contributed by atoms with Gasteiger partial charge in [-0.15, -0.1) is 11.3 Å². The van der Waals surface area contributed by atoms with Crippen molar-refractivity contribution in [2.75, 3.05) is 18.0 Å². The van der Waals surface area contributed by atoms with E-state index < -0.39 is 0 Å². The van der Waals surface area contributed by atoms with Crippen molar-refractivity contribution in [3.05, 3.63) is 82.0 Å². The number of thiophene rings is 1. The van der Waals surface area contributed by atoms with E-state index in [4.69, 9.17) is 4.98 Å². The average Bonchev–Trinajstić information content (AvgIpc) is 3.33. The van der Waals surface area contributed by atoms with Crippen LogP contribution in [0.4, 0.5) is 5.95 Å². The molecule has 7 heteroatoms. The van der Waals surface area contributed by atoms with E-state index in [0.717, 1.165) is 48.9 Å². The lowest BCUT2D eigenvalue weighted by molar-refractivity contribution is -0.125. The van der Waals surface area contributed by atoms with Crippen LogP contribution in [0.2, 0.25) is 0 Å². The molecule has 0 saturated carbocycles. The summed E-state index contributed by atoms with van der Waals surface area (Å²) in [5, 5.41) is 5.20. The van der Waals surface area contributed by atoms with Crippen LogP contribution in [0.25, 0.3) is 21.3 Å². The van der Waals surface area contributed by atoms with Gasteiger partial charge >= 0.3 is 0 Å². The molecule has 3 heterocycles. The van der Waals surface area contributed by atoms with Gasteiger partial charge in [-0.1, -0.05) is 60.7 Å². The standard InChI is InChI=1S/C28H30N4O2S/c1-19(14-15-20-9-4-2-5-10-20)29-26(33)22-13-8-16-32(17-22)28-30-24-23(21-11-6-3-7-12-21)18-35-25(24)27(34)31-28/h2-7,9-12,18-19,22H,8,13-17H2,1H3,(H,29,33)(H,30,31,34)/t19-,22-/m0/s1. The number of rotatable bonds is 7. The molecule has 0 aliphatic carbocycles. The SMILES string of the molecule is C[C@@H](CCc1ccccc1)NC(=O)[C@H]1CCCN(c2nc3c(-c4ccccc4)csc3c(=O)[nH]2)C1. The van der Waals surface area contributed by atoms with E-state index in [-0.39, 0.29) is 23.4 Å². The molecular weight excluding hydrogens is 456 g/mol. The van der Waals surface area contributed by atoms with Crippen LogP contribution in [0.5, 0.6) is 0 Å². The highest BCUT2D eigenvalue weighted by Gasteiger charge is 2.28. The number of aromatic nitrogens is 2. The van der Waals surface area contributed by atoms with Crippen LogP contribution in [0.1, 0.15) is 31.7 Å². The van der Waals surface area contributed by atoms with Gasteiger partial charge in [0, 0.05) is 30.1 Å². The molecule has 1 saturated heterocycles. The van der Waals surface area contributed by atoms with Crippen LogP contribution in [0.15, 0.2) is 70.8 Å². The Labute approximate surface area is 209 Å². The van der Waals surface area contributed by atoms with E-state index >= 15 is 0 Å². The Balaban J connectivity index is 1.28. The second-order valence-electron chi connectivity index (χ2n) is 9.30. The van der Waals surface area contributed by atoms with Gasteiger partial charge in [0.25, 0.3) is 5.56 Å². The molecule has 1 fully saturated rings. The quantitative estimate of drug-likeness (QED) is 0.385. The highest BCUT2D eigenvalue weighted by molar-refractivity contribution is 7.17. The van der Waals surface area contributed by atoms with Crippen LogP contribution in [-0.2, 0) is 11.2 Å². The number of hydrogen-bond donors (Lipinski definition) is 2. The molecule has 35 heavy (non-hydrogen) atoms. The fourth-order valence-corrected chi connectivity index (χ4v) is 5.64. The van der Waals surface area contributed by atoms with Crippen molar-refractivity contribution >= 4 is 33.4 Å². The van der Waals surface area contributed by atoms with Crippen LogP contribution < -0.4 is 15.8 Å². The maximum Gasteiger partial charge on any atom is 0.270 e. The average molecular weight is 487 g/mol. The number of hydrogen-bond acceptors (Lipinski definition) is 5. The first-order valence-corrected chi connectivity index (χ1v) is 13.1. The second-order valence-corrected chi connectivity index (χ2v) is 10.2. The lowest BCUT2D eigenvalue weighted by Crippen LogP contribution is -2.46. The van der Waals surface area contributed by atoms with Gasteiger partial charge < -0.3 is 10.2 Å². The van der Waals surface area contributed by atoms with Crippen LogP contribution in [-0.4, -0.2) is 35.0 Å². The smallest absolute Gasteiger partial charge is 0.270 e. The van der Waals surface area contributed by atoms with Gasteiger partial charge in [-0.2, -0.15) is 0 Å². The summed E-state index contributed by atoms with van der Waals surface area (Å²) in [5.74, 6) is 0.506. The Bertz CT molecular complexity index is 1350. The molecule has 1 aliphatic rings. The lowest BCUT2D eigenvalue weighted by Gasteiger charge is -2.33. The van der Waals surface area contributed by atoms with Crippen molar-refractivity contribution < 1.29 is 4.79 Å². The van der Waals surface area contributed by atoms with E-state index in [9.17, 15) is 9.59 Å². The van der Waals surface area contributed by atoms with E-state index in [0.29, 0.717) is 17.2 Å². The topological polar surface area (TPSA) is 78.1 Å². The number of carbonyl (C=O) groups is 1. The van der Waals surface area contributed by atoms with Crippen molar-refractivity contribution in [3.63, 3.8) is 0 Å². The first-order chi connectivity index (χ1) is 17.1. The number of aryl methyl sites for hydroxylation is 1. The van der Waals surface area contributed by atoms with Gasteiger partial charge in [0.1, 0.15) is 4.70 Å². The summed E-state index contributed by atoms with van der Waals surface area (Å²) in [7, 11) is 0. The Morgan fingerprint density at radius 1 is 1.17 bits per heavy atom. The number of benzene rings is 2. The second kappa shape index (κ2) is 10.4. The Hall–Kier alpha value is -3.45. The van der Waals surface area contributed by atoms with E-state index in [1.54, 1.807) is 0 Å². The molecular formula is C28H30N4O2S. The predicted molar refractivity (Wildman–Crippen MR) is 143 cm³/mol. The van der Waals surface area contributed by atoms with Gasteiger partial charge in [-0.3, -0.25) is 14.6 Å². The van der Waals surface area contributed by atoms with E-state index in [1.807, 2.05) is 53.9 Å². The zero-order valence-electron chi connectivity index (χ0n) is 19.9. The molecule has 4 aromatic rings. The zero-order chi connectivity index (χ0) is 24.2. The minimum atomic E-state index is -0.127. The zero-order valence-corrected chi connectivity index (χ0v) is 20.7. The minimum Gasteiger partial charge on any atom is -0.353 e. The molecule has 0 unspecified atom stereocenters. The minimum absolute atomic E-state index is 0.0826. The van der Waals surface area contributed by atoms with E-state index in [1.165, 1.54) is 16.9 Å². The molecule has 5 rings (SSSR count). The Morgan fingerprint density at radius 2 is 1.91 bits per heavy atom. The van der Waals surface area contributed by atoms with Gasteiger partial charge in [-0.25, -0.2) is 4.98 Å². The number of anilines is 1. The number of nitrogens with zero attached hydrogens (tertiary/aromatic N) is 2. The highest BCUT2D eigenvalue weighted by Crippen LogP contribution is 2.32. The molecule has 1 amide bonds. The maximum atomic E-state index is 13.0. The number of nitrogens with one attached hydrogen (secondary N) is 2. The molecule has 1 aliphatic heterocycles. The van der Waals surface area contributed by atoms with Crippen LogP contribution in [0.3, 0.4) is 0 Å². The van der Waals surface area contributed by atoms with Crippen molar-refractivity contribution in [1.82, 2.24) is 15.3 Å². The third kappa shape index (κ3) is 5.30. The molecule has 2 aromatic heterocycles. The molecule has 6 nitrogen and oxygen atoms in total. The molecule has 2 N–H and O–H groups in total. The monoisotopic (exact) mass is 486 g/mol. The number of amides is 1. The van der Waals surface area contributed by atoms with Gasteiger partial charge in [0.15, 0.2) is 0 Å². The Kier molecular flexibility index (Phi) is 6.95. The van der Waals surface area contributed by atoms with E-state index in [2.05, 4.69) is 34.3 Å². The normalized spacial score (nSPS) is 16.8. The largest absolute Gasteiger partial charge is 0.353 e. The summed E-state index contributed by atoms with van der Waals surface area (Å²) in [6, 6.07) is 20.5.